The van der Waals surface area contributed by atoms with E-state index in [1.807, 2.05) is 5.01 Å². The first-order chi connectivity index (χ1) is 9.97. The van der Waals surface area contributed by atoms with Crippen molar-refractivity contribution in [2.24, 2.45) is 5.84 Å². The van der Waals surface area contributed by atoms with Gasteiger partial charge in [0.2, 0.25) is 0 Å². The van der Waals surface area contributed by atoms with E-state index in [1.165, 1.54) is 12.1 Å². The number of rotatable bonds is 1. The highest BCUT2D eigenvalue weighted by Gasteiger charge is 2.23. The molecular formula is C15H25ClFN3O3. The maximum atomic E-state index is 13.0. The van der Waals surface area contributed by atoms with Gasteiger partial charge in [-0.15, -0.1) is 12.4 Å². The van der Waals surface area contributed by atoms with Gasteiger partial charge in [0.1, 0.15) is 5.82 Å². The molecule has 0 radical (unpaired) electrons. The van der Waals surface area contributed by atoms with E-state index in [0.717, 1.165) is 37.0 Å². The zero-order valence-corrected chi connectivity index (χ0v) is 14.1. The molecule has 2 heterocycles. The molecule has 6 nitrogen and oxygen atoms in total. The van der Waals surface area contributed by atoms with Gasteiger partial charge < -0.3 is 15.1 Å². The number of fused-ring (bicyclic) bond motifs is 1. The lowest BCUT2D eigenvalue weighted by Gasteiger charge is -2.27. The van der Waals surface area contributed by atoms with Crippen LogP contribution in [0.1, 0.15) is 38.3 Å². The number of halogens is 2. The topological polar surface area (TPSA) is 107 Å². The monoisotopic (exact) mass is 349 g/mol. The van der Waals surface area contributed by atoms with E-state index in [1.54, 1.807) is 19.9 Å². The molecule has 2 aromatic rings. The van der Waals surface area contributed by atoms with E-state index >= 15 is 0 Å². The molecule has 0 amide bonds. The van der Waals surface area contributed by atoms with Crippen LogP contribution in [0.2, 0.25) is 0 Å². The number of aliphatic hydroxyl groups is 1. The number of nitrogens with zero attached hydrogens (tertiary/aromatic N) is 2. The van der Waals surface area contributed by atoms with Gasteiger partial charge in [-0.1, -0.05) is 5.16 Å². The largest absolute Gasteiger partial charge is 0.412 e. The Morgan fingerprint density at radius 2 is 1.91 bits per heavy atom. The average Bonchev–Trinajstić information content (AvgIpc) is 2.82. The lowest BCUT2D eigenvalue weighted by Crippen LogP contribution is -2.38. The van der Waals surface area contributed by atoms with Crippen LogP contribution in [0.5, 0.6) is 0 Å². The molecule has 8 heteroatoms. The van der Waals surface area contributed by atoms with E-state index in [-0.39, 0.29) is 29.8 Å². The zero-order chi connectivity index (χ0) is 15.4. The first-order valence-electron chi connectivity index (χ1n) is 7.20. The second kappa shape index (κ2) is 9.79. The first-order valence-corrected chi connectivity index (χ1v) is 7.20. The lowest BCUT2D eigenvalue weighted by atomic mass is 9.92. The zero-order valence-electron chi connectivity index (χ0n) is 13.3. The molecular weight excluding hydrogens is 325 g/mol. The fraction of sp³-hybridized carbons (Fsp3) is 0.533. The van der Waals surface area contributed by atoms with Gasteiger partial charge in [-0.05, 0) is 38.8 Å². The van der Waals surface area contributed by atoms with E-state index in [9.17, 15) is 4.39 Å². The first kappa shape index (κ1) is 21.8. The number of hydrazine groups is 1. The van der Waals surface area contributed by atoms with Crippen molar-refractivity contribution in [1.29, 1.82) is 0 Å². The van der Waals surface area contributed by atoms with Gasteiger partial charge in [0, 0.05) is 36.6 Å². The summed E-state index contributed by atoms with van der Waals surface area (Å²) in [6.45, 7) is 5.17. The van der Waals surface area contributed by atoms with Crippen LogP contribution >= 0.6 is 12.4 Å². The molecule has 5 N–H and O–H groups in total. The number of nitrogens with two attached hydrogens (primary N) is 1. The van der Waals surface area contributed by atoms with Crippen molar-refractivity contribution >= 4 is 23.4 Å². The normalized spacial score (nSPS) is 15.6. The molecule has 1 aliphatic heterocycles. The summed E-state index contributed by atoms with van der Waals surface area (Å²) < 4.78 is 18.2. The van der Waals surface area contributed by atoms with Gasteiger partial charge >= 0.3 is 0 Å². The van der Waals surface area contributed by atoms with Crippen molar-refractivity contribution in [2.75, 3.05) is 13.1 Å². The third kappa shape index (κ3) is 6.04. The lowest BCUT2D eigenvalue weighted by molar-refractivity contribution is 0.214. The Bertz CT molecular complexity index is 584. The number of aromatic nitrogens is 1. The number of hydrogen-bond donors (Lipinski definition) is 2. The predicted octanol–water partition coefficient (Wildman–Crippen LogP) is 2.00. The van der Waals surface area contributed by atoms with Gasteiger partial charge in [-0.2, -0.15) is 0 Å². The Kier molecular flexibility index (Phi) is 9.26. The average molecular weight is 350 g/mol. The number of piperidine rings is 1. The van der Waals surface area contributed by atoms with Crippen LogP contribution in [0.3, 0.4) is 0 Å². The SMILES string of the molecule is CC(C)O.Cl.NN1CCC(c2noc3cc(F)ccc23)CC1.O. The minimum absolute atomic E-state index is 0. The van der Waals surface area contributed by atoms with Crippen LogP contribution in [0.4, 0.5) is 4.39 Å². The quantitative estimate of drug-likeness (QED) is 0.766. The second-order valence-electron chi connectivity index (χ2n) is 5.61. The molecule has 0 saturated carbocycles. The van der Waals surface area contributed by atoms with Gasteiger partial charge in [-0.25, -0.2) is 9.40 Å². The van der Waals surface area contributed by atoms with E-state index in [4.69, 9.17) is 15.5 Å². The summed E-state index contributed by atoms with van der Waals surface area (Å²) in [6, 6.07) is 4.57. The Hall–Kier alpha value is -1.25. The molecule has 1 aromatic heterocycles. The van der Waals surface area contributed by atoms with Gasteiger partial charge in [0.05, 0.1) is 5.69 Å². The summed E-state index contributed by atoms with van der Waals surface area (Å²) in [7, 11) is 0. The summed E-state index contributed by atoms with van der Waals surface area (Å²) in [5.74, 6) is 5.79. The van der Waals surface area contributed by atoms with E-state index < -0.39 is 0 Å². The Morgan fingerprint density at radius 3 is 2.48 bits per heavy atom. The highest BCUT2D eigenvalue weighted by Crippen LogP contribution is 2.31. The Balaban J connectivity index is 0.000000731. The fourth-order valence-electron chi connectivity index (χ4n) is 2.40. The van der Waals surface area contributed by atoms with Crippen LogP contribution in [0.15, 0.2) is 22.7 Å². The van der Waals surface area contributed by atoms with Crippen LogP contribution in [0.25, 0.3) is 11.0 Å². The predicted molar refractivity (Wildman–Crippen MR) is 89.9 cm³/mol. The summed E-state index contributed by atoms with van der Waals surface area (Å²) >= 11 is 0. The Labute approximate surface area is 141 Å². The highest BCUT2D eigenvalue weighted by atomic mass is 35.5. The van der Waals surface area contributed by atoms with Crippen LogP contribution in [-0.2, 0) is 0 Å². The molecule has 0 spiro atoms. The van der Waals surface area contributed by atoms with Crippen molar-refractivity contribution in [3.63, 3.8) is 0 Å². The summed E-state index contributed by atoms with van der Waals surface area (Å²) in [6.07, 6.45) is 1.77. The molecule has 0 aliphatic carbocycles. The summed E-state index contributed by atoms with van der Waals surface area (Å²) in [5.41, 5.74) is 1.46. The van der Waals surface area contributed by atoms with Crippen molar-refractivity contribution in [3.8, 4) is 0 Å². The van der Waals surface area contributed by atoms with Crippen molar-refractivity contribution in [3.05, 3.63) is 29.7 Å². The fourth-order valence-corrected chi connectivity index (χ4v) is 2.40. The molecule has 0 atom stereocenters. The molecule has 23 heavy (non-hydrogen) atoms. The molecule has 0 bridgehead atoms. The minimum atomic E-state index is -0.294. The summed E-state index contributed by atoms with van der Waals surface area (Å²) in [4.78, 5) is 0. The van der Waals surface area contributed by atoms with Crippen LogP contribution < -0.4 is 5.84 Å². The summed E-state index contributed by atoms with van der Waals surface area (Å²) in [5, 5.41) is 14.9. The number of benzene rings is 1. The maximum Gasteiger partial charge on any atom is 0.170 e. The highest BCUT2D eigenvalue weighted by molar-refractivity contribution is 5.85. The van der Waals surface area contributed by atoms with Crippen molar-refractivity contribution < 1.29 is 19.5 Å². The number of hydrogen-bond acceptors (Lipinski definition) is 5. The van der Waals surface area contributed by atoms with Gasteiger partial charge in [0.25, 0.3) is 0 Å². The third-order valence-corrected chi connectivity index (χ3v) is 3.38. The van der Waals surface area contributed by atoms with Crippen molar-refractivity contribution in [2.45, 2.75) is 38.7 Å². The Morgan fingerprint density at radius 1 is 1.35 bits per heavy atom. The molecule has 0 unspecified atom stereocenters. The minimum Gasteiger partial charge on any atom is -0.412 e. The molecule has 1 saturated heterocycles. The second-order valence-corrected chi connectivity index (χ2v) is 5.61. The van der Waals surface area contributed by atoms with Gasteiger partial charge in [0.15, 0.2) is 5.58 Å². The standard InChI is InChI=1S/C12H14FN3O.C3H8O.ClH.H2O/c13-9-1-2-10-11(7-9)17-15-12(10)8-3-5-16(14)6-4-8;1-3(2)4;;/h1-2,7-8H,3-6,14H2;3-4H,1-2H3;1H;1H2. The van der Waals surface area contributed by atoms with E-state index in [2.05, 4.69) is 5.16 Å². The molecule has 1 fully saturated rings. The molecule has 1 aromatic carbocycles. The third-order valence-electron chi connectivity index (χ3n) is 3.38. The molecule has 132 valence electrons. The molecule has 3 rings (SSSR count). The maximum absolute atomic E-state index is 13.0. The van der Waals surface area contributed by atoms with Crippen LogP contribution in [-0.4, -0.2) is 39.9 Å². The molecule has 1 aliphatic rings. The van der Waals surface area contributed by atoms with Gasteiger partial charge in [-0.3, -0.25) is 5.84 Å². The van der Waals surface area contributed by atoms with E-state index in [0.29, 0.717) is 11.5 Å². The van der Waals surface area contributed by atoms with Crippen molar-refractivity contribution in [1.82, 2.24) is 10.2 Å². The smallest absolute Gasteiger partial charge is 0.170 e. The van der Waals surface area contributed by atoms with Crippen LogP contribution in [0, 0.1) is 5.82 Å². The number of aliphatic hydroxyl groups excluding tert-OH is 1.